The summed E-state index contributed by atoms with van der Waals surface area (Å²) in [5, 5.41) is 3.54. The van der Waals surface area contributed by atoms with E-state index >= 15 is 0 Å². The Morgan fingerprint density at radius 2 is 1.74 bits per heavy atom. The van der Waals surface area contributed by atoms with E-state index in [4.69, 9.17) is 4.74 Å². The molecule has 0 spiro atoms. The van der Waals surface area contributed by atoms with E-state index in [1.54, 1.807) is 13.1 Å². The Balaban J connectivity index is 1.12. The lowest BCUT2D eigenvalue weighted by molar-refractivity contribution is -0.147. The topological polar surface area (TPSA) is 88.3 Å². The van der Waals surface area contributed by atoms with Gasteiger partial charge in [0, 0.05) is 29.1 Å². The third kappa shape index (κ3) is 4.00. The van der Waals surface area contributed by atoms with Crippen molar-refractivity contribution in [2.75, 3.05) is 6.54 Å². The van der Waals surface area contributed by atoms with Gasteiger partial charge in [-0.25, -0.2) is 0 Å². The molecular weight excluding hydrogens is 392 g/mol. The lowest BCUT2D eigenvalue weighted by atomic mass is 9.49. The molecule has 31 heavy (non-hydrogen) atoms. The zero-order chi connectivity index (χ0) is 21.6. The van der Waals surface area contributed by atoms with Crippen LogP contribution in [0.25, 0.3) is 10.9 Å². The number of hydrogen-bond donors (Lipinski definition) is 2. The summed E-state index contributed by atoms with van der Waals surface area (Å²) in [6.45, 7) is 1.37. The molecule has 2 N–H and O–H groups in total. The number of amides is 1. The lowest BCUT2D eigenvalue weighted by Crippen LogP contribution is -2.48. The molecule has 1 heterocycles. The van der Waals surface area contributed by atoms with Crippen LogP contribution >= 0.6 is 0 Å². The normalized spacial score (nSPS) is 29.6. The average molecular weight is 423 g/mol. The maximum absolute atomic E-state index is 12.7. The van der Waals surface area contributed by atoms with E-state index in [0.29, 0.717) is 12.0 Å². The quantitative estimate of drug-likeness (QED) is 0.521. The second-order valence-electron chi connectivity index (χ2n) is 10.1. The number of carbonyl (C=O) groups is 3. The largest absolute Gasteiger partial charge is 0.453 e. The van der Waals surface area contributed by atoms with Gasteiger partial charge in [0.1, 0.15) is 6.54 Å². The number of nitrogens with one attached hydrogen (secondary N) is 2. The molecule has 1 aromatic heterocycles. The van der Waals surface area contributed by atoms with Crippen molar-refractivity contribution in [3.63, 3.8) is 0 Å². The maximum Gasteiger partial charge on any atom is 0.326 e. The zero-order valence-corrected chi connectivity index (χ0v) is 18.0. The number of aromatic nitrogens is 1. The van der Waals surface area contributed by atoms with Crippen LogP contribution in [0.15, 0.2) is 30.5 Å². The minimum Gasteiger partial charge on any atom is -0.453 e. The second-order valence-corrected chi connectivity index (χ2v) is 10.1. The highest BCUT2D eigenvalue weighted by Crippen LogP contribution is 2.61. The van der Waals surface area contributed by atoms with Crippen LogP contribution in [-0.2, 0) is 14.3 Å². The fourth-order valence-electron chi connectivity index (χ4n) is 6.87. The fraction of sp³-hybridized carbons (Fsp3) is 0.560. The minimum atomic E-state index is -0.910. The first-order valence-corrected chi connectivity index (χ1v) is 11.5. The van der Waals surface area contributed by atoms with Gasteiger partial charge in [0.2, 0.25) is 11.7 Å². The molecule has 4 saturated carbocycles. The van der Waals surface area contributed by atoms with Crippen molar-refractivity contribution in [3.8, 4) is 0 Å². The molecule has 1 unspecified atom stereocenters. The summed E-state index contributed by atoms with van der Waals surface area (Å²) in [4.78, 5) is 40.6. The molecule has 1 amide bonds. The molecule has 0 saturated heterocycles. The SMILES string of the molecule is CC(OC(=O)CNC(=O)CC12CC3CC(CC(C3)C1)C2)C(=O)c1c[nH]c2ccccc12. The smallest absolute Gasteiger partial charge is 0.326 e. The summed E-state index contributed by atoms with van der Waals surface area (Å²) >= 11 is 0. The molecule has 6 rings (SSSR count). The first kappa shape index (κ1) is 20.3. The van der Waals surface area contributed by atoms with Crippen LogP contribution in [0.1, 0.15) is 62.2 Å². The summed E-state index contributed by atoms with van der Waals surface area (Å²) in [7, 11) is 0. The highest BCUT2D eigenvalue weighted by molar-refractivity contribution is 6.10. The number of Topliss-reactive ketones (excluding diaryl/α,β-unsaturated/α-hetero) is 1. The third-order valence-corrected chi connectivity index (χ3v) is 7.66. The molecule has 4 fully saturated rings. The number of para-hydroxylation sites is 1. The van der Waals surface area contributed by atoms with E-state index in [1.165, 1.54) is 19.3 Å². The molecule has 2 aromatic rings. The van der Waals surface area contributed by atoms with Gasteiger partial charge in [0.25, 0.3) is 0 Å². The number of hydrogen-bond acceptors (Lipinski definition) is 4. The number of benzene rings is 1. The number of aromatic amines is 1. The summed E-state index contributed by atoms with van der Waals surface area (Å²) in [5.74, 6) is 1.46. The van der Waals surface area contributed by atoms with Crippen LogP contribution in [0.4, 0.5) is 0 Å². The highest BCUT2D eigenvalue weighted by atomic mass is 16.5. The number of esters is 1. The predicted octanol–water partition coefficient (Wildman–Crippen LogP) is 4.01. The van der Waals surface area contributed by atoms with Gasteiger partial charge in [-0.2, -0.15) is 0 Å². The standard InChI is InChI=1S/C25H30N2O4/c1-15(24(30)20-13-26-21-5-3-2-4-19(20)21)31-23(29)14-27-22(28)12-25-9-16-6-17(10-25)8-18(7-16)11-25/h2-5,13,15-18,26H,6-12,14H2,1H3,(H,27,28). The third-order valence-electron chi connectivity index (χ3n) is 7.66. The minimum absolute atomic E-state index is 0.0745. The van der Waals surface area contributed by atoms with Gasteiger partial charge < -0.3 is 15.0 Å². The number of carbonyl (C=O) groups excluding carboxylic acids is 3. The molecule has 1 atom stereocenters. The van der Waals surface area contributed by atoms with Gasteiger partial charge in [-0.1, -0.05) is 18.2 Å². The molecule has 4 bridgehead atoms. The zero-order valence-electron chi connectivity index (χ0n) is 18.0. The summed E-state index contributed by atoms with van der Waals surface area (Å²) in [6.07, 6.45) is 8.75. The molecule has 4 aliphatic carbocycles. The molecule has 0 radical (unpaired) electrons. The summed E-state index contributed by atoms with van der Waals surface area (Å²) < 4.78 is 5.31. The summed E-state index contributed by atoms with van der Waals surface area (Å²) in [6, 6.07) is 7.51. The lowest BCUT2D eigenvalue weighted by Gasteiger charge is -2.56. The first-order valence-electron chi connectivity index (χ1n) is 11.5. The molecule has 164 valence electrons. The Hall–Kier alpha value is -2.63. The monoisotopic (exact) mass is 422 g/mol. The Morgan fingerprint density at radius 1 is 1.10 bits per heavy atom. The van der Waals surface area contributed by atoms with Gasteiger partial charge in [-0.3, -0.25) is 14.4 Å². The molecule has 0 aliphatic heterocycles. The number of ketones is 1. The molecular formula is C25H30N2O4. The van der Waals surface area contributed by atoms with E-state index in [9.17, 15) is 14.4 Å². The Bertz CT molecular complexity index is 988. The van der Waals surface area contributed by atoms with E-state index in [-0.39, 0.29) is 23.7 Å². The van der Waals surface area contributed by atoms with Crippen molar-refractivity contribution in [1.29, 1.82) is 0 Å². The Labute approximate surface area is 182 Å². The predicted molar refractivity (Wildman–Crippen MR) is 116 cm³/mol. The van der Waals surface area contributed by atoms with E-state index < -0.39 is 12.1 Å². The van der Waals surface area contributed by atoms with Crippen LogP contribution in [0, 0.1) is 23.2 Å². The van der Waals surface area contributed by atoms with Crippen LogP contribution in [0.5, 0.6) is 0 Å². The van der Waals surface area contributed by atoms with Crippen molar-refractivity contribution < 1.29 is 19.1 Å². The van der Waals surface area contributed by atoms with Crippen LogP contribution in [-0.4, -0.2) is 35.3 Å². The molecule has 6 nitrogen and oxygen atoms in total. The number of ether oxygens (including phenoxy) is 1. The van der Waals surface area contributed by atoms with Crippen molar-refractivity contribution >= 4 is 28.6 Å². The molecule has 6 heteroatoms. The van der Waals surface area contributed by atoms with Crippen molar-refractivity contribution in [1.82, 2.24) is 10.3 Å². The number of fused-ring (bicyclic) bond motifs is 1. The van der Waals surface area contributed by atoms with Crippen LogP contribution in [0.3, 0.4) is 0 Å². The first-order chi connectivity index (χ1) is 14.9. The Morgan fingerprint density at radius 3 is 2.42 bits per heavy atom. The van der Waals surface area contributed by atoms with E-state index in [1.807, 2.05) is 24.3 Å². The average Bonchev–Trinajstić information content (AvgIpc) is 3.14. The van der Waals surface area contributed by atoms with Gasteiger partial charge >= 0.3 is 5.97 Å². The van der Waals surface area contributed by atoms with Crippen LogP contribution < -0.4 is 5.32 Å². The second kappa shape index (κ2) is 7.81. The molecule has 4 aliphatic rings. The van der Waals surface area contributed by atoms with Crippen molar-refractivity contribution in [3.05, 3.63) is 36.0 Å². The molecule has 1 aromatic carbocycles. The van der Waals surface area contributed by atoms with Gasteiger partial charge in [-0.05, 0) is 74.7 Å². The van der Waals surface area contributed by atoms with Gasteiger partial charge in [0.05, 0.1) is 0 Å². The van der Waals surface area contributed by atoms with Crippen LogP contribution in [0.2, 0.25) is 0 Å². The van der Waals surface area contributed by atoms with Crippen molar-refractivity contribution in [2.24, 2.45) is 23.2 Å². The van der Waals surface area contributed by atoms with E-state index in [0.717, 1.165) is 47.9 Å². The highest BCUT2D eigenvalue weighted by Gasteiger charge is 2.51. The van der Waals surface area contributed by atoms with Gasteiger partial charge in [-0.15, -0.1) is 0 Å². The van der Waals surface area contributed by atoms with Gasteiger partial charge in [0.15, 0.2) is 6.10 Å². The maximum atomic E-state index is 12.7. The van der Waals surface area contributed by atoms with E-state index in [2.05, 4.69) is 10.3 Å². The summed E-state index contributed by atoms with van der Waals surface area (Å²) in [5.41, 5.74) is 1.50. The Kier molecular flexibility index (Phi) is 5.11. The fourth-order valence-corrected chi connectivity index (χ4v) is 6.87. The number of rotatable bonds is 7. The van der Waals surface area contributed by atoms with Crippen molar-refractivity contribution in [2.45, 2.75) is 58.0 Å². The number of H-pyrrole nitrogens is 1.